The molecule has 2 rings (SSSR count). The average Bonchev–Trinajstić information content (AvgIpc) is 2.57. The van der Waals surface area contributed by atoms with Gasteiger partial charge in [-0.15, -0.1) is 0 Å². The standard InChI is InChI=1S/C18H17N3O4/c1-12(25-16-7-5-15(22)6-8-16)18(24)21-14-4-2-3-13(11-14)20-17(23)9-10-19/h2-8,11-12,22H,9H2,1H3,(H,20,23)(H,21,24). The van der Waals surface area contributed by atoms with Crippen LogP contribution in [0.1, 0.15) is 13.3 Å². The number of nitrogens with one attached hydrogen (secondary N) is 2. The Morgan fingerprint density at radius 1 is 1.16 bits per heavy atom. The Balaban J connectivity index is 1.96. The Kier molecular flexibility index (Phi) is 5.96. The lowest BCUT2D eigenvalue weighted by atomic mass is 10.2. The van der Waals surface area contributed by atoms with Gasteiger partial charge in [-0.2, -0.15) is 5.26 Å². The minimum absolute atomic E-state index is 0.111. The number of rotatable bonds is 6. The van der Waals surface area contributed by atoms with E-state index in [0.29, 0.717) is 17.1 Å². The molecule has 0 fully saturated rings. The van der Waals surface area contributed by atoms with Crippen LogP contribution in [-0.4, -0.2) is 23.0 Å². The van der Waals surface area contributed by atoms with Crippen molar-refractivity contribution in [2.24, 2.45) is 0 Å². The first-order chi connectivity index (χ1) is 12.0. The molecule has 0 aliphatic carbocycles. The minimum atomic E-state index is -0.763. The predicted octanol–water partition coefficient (Wildman–Crippen LogP) is 2.65. The van der Waals surface area contributed by atoms with Crippen molar-refractivity contribution >= 4 is 23.2 Å². The van der Waals surface area contributed by atoms with Gasteiger partial charge >= 0.3 is 0 Å². The van der Waals surface area contributed by atoms with E-state index >= 15 is 0 Å². The van der Waals surface area contributed by atoms with Crippen molar-refractivity contribution in [2.75, 3.05) is 10.6 Å². The molecule has 128 valence electrons. The van der Waals surface area contributed by atoms with E-state index in [2.05, 4.69) is 10.6 Å². The monoisotopic (exact) mass is 339 g/mol. The van der Waals surface area contributed by atoms with Gasteiger partial charge in [0.2, 0.25) is 5.91 Å². The predicted molar refractivity (Wildman–Crippen MR) is 92.1 cm³/mol. The molecule has 25 heavy (non-hydrogen) atoms. The third-order valence-electron chi connectivity index (χ3n) is 3.17. The number of phenolic OH excluding ortho intramolecular Hbond substituents is 1. The maximum absolute atomic E-state index is 12.2. The molecule has 2 aromatic carbocycles. The van der Waals surface area contributed by atoms with Gasteiger partial charge in [-0.25, -0.2) is 0 Å². The summed E-state index contributed by atoms with van der Waals surface area (Å²) in [6.07, 6.45) is -1.00. The van der Waals surface area contributed by atoms with Gasteiger partial charge in [0, 0.05) is 11.4 Å². The first-order valence-corrected chi connectivity index (χ1v) is 7.51. The summed E-state index contributed by atoms with van der Waals surface area (Å²) in [5.74, 6) is -0.221. The van der Waals surface area contributed by atoms with E-state index < -0.39 is 12.0 Å². The number of nitriles is 1. The Hall–Kier alpha value is -3.53. The number of hydrogen-bond acceptors (Lipinski definition) is 5. The zero-order valence-electron chi connectivity index (χ0n) is 13.5. The second kappa shape index (κ2) is 8.36. The van der Waals surface area contributed by atoms with Gasteiger partial charge in [0.25, 0.3) is 5.91 Å². The fraction of sp³-hybridized carbons (Fsp3) is 0.167. The highest BCUT2D eigenvalue weighted by atomic mass is 16.5. The van der Waals surface area contributed by atoms with Crippen molar-refractivity contribution in [3.63, 3.8) is 0 Å². The minimum Gasteiger partial charge on any atom is -0.508 e. The van der Waals surface area contributed by atoms with E-state index in [1.54, 1.807) is 49.4 Å². The van der Waals surface area contributed by atoms with Crippen molar-refractivity contribution in [2.45, 2.75) is 19.4 Å². The van der Waals surface area contributed by atoms with E-state index in [-0.39, 0.29) is 18.1 Å². The van der Waals surface area contributed by atoms with E-state index in [0.717, 1.165) is 0 Å². The van der Waals surface area contributed by atoms with Gasteiger partial charge in [-0.05, 0) is 49.4 Å². The van der Waals surface area contributed by atoms with Gasteiger partial charge < -0.3 is 20.5 Å². The summed E-state index contributed by atoms with van der Waals surface area (Å²) in [6, 6.07) is 14.4. The maximum atomic E-state index is 12.2. The molecule has 0 aliphatic rings. The fourth-order valence-electron chi connectivity index (χ4n) is 1.98. The lowest BCUT2D eigenvalue weighted by Gasteiger charge is -2.15. The van der Waals surface area contributed by atoms with Crippen molar-refractivity contribution < 1.29 is 19.4 Å². The van der Waals surface area contributed by atoms with Crippen LogP contribution in [0.4, 0.5) is 11.4 Å². The molecular weight excluding hydrogens is 322 g/mol. The number of carbonyl (C=O) groups is 2. The highest BCUT2D eigenvalue weighted by molar-refractivity contribution is 5.96. The van der Waals surface area contributed by atoms with Crippen LogP contribution in [0.15, 0.2) is 48.5 Å². The molecule has 7 nitrogen and oxygen atoms in total. The zero-order valence-corrected chi connectivity index (χ0v) is 13.5. The summed E-state index contributed by atoms with van der Waals surface area (Å²) in [5.41, 5.74) is 0.964. The molecule has 2 aromatic rings. The summed E-state index contributed by atoms with van der Waals surface area (Å²) in [6.45, 7) is 1.60. The first kappa shape index (κ1) is 17.8. The van der Waals surface area contributed by atoms with Crippen LogP contribution in [0.5, 0.6) is 11.5 Å². The smallest absolute Gasteiger partial charge is 0.265 e. The summed E-state index contributed by atoms with van der Waals surface area (Å²) in [5, 5.41) is 23.0. The molecule has 7 heteroatoms. The van der Waals surface area contributed by atoms with Crippen LogP contribution >= 0.6 is 0 Å². The Labute approximate surface area is 144 Å². The summed E-state index contributed by atoms with van der Waals surface area (Å²) >= 11 is 0. The molecule has 0 saturated carbocycles. The second-order valence-corrected chi connectivity index (χ2v) is 5.21. The van der Waals surface area contributed by atoms with E-state index in [1.165, 1.54) is 12.1 Å². The molecule has 0 spiro atoms. The van der Waals surface area contributed by atoms with Crippen LogP contribution in [-0.2, 0) is 9.59 Å². The molecule has 0 aromatic heterocycles. The van der Waals surface area contributed by atoms with E-state index in [1.807, 2.05) is 0 Å². The van der Waals surface area contributed by atoms with Crippen molar-refractivity contribution in [3.05, 3.63) is 48.5 Å². The molecule has 2 amide bonds. The van der Waals surface area contributed by atoms with Gasteiger partial charge in [0.1, 0.15) is 17.9 Å². The van der Waals surface area contributed by atoms with Gasteiger partial charge in [0.05, 0.1) is 6.07 Å². The van der Waals surface area contributed by atoms with Crippen LogP contribution < -0.4 is 15.4 Å². The number of phenols is 1. The maximum Gasteiger partial charge on any atom is 0.265 e. The molecule has 3 N–H and O–H groups in total. The van der Waals surface area contributed by atoms with E-state index in [9.17, 15) is 14.7 Å². The molecular formula is C18H17N3O4. The van der Waals surface area contributed by atoms with Crippen LogP contribution in [0.3, 0.4) is 0 Å². The van der Waals surface area contributed by atoms with Crippen molar-refractivity contribution in [1.29, 1.82) is 5.26 Å². The molecule has 0 heterocycles. The number of hydrogen-bond donors (Lipinski definition) is 3. The highest BCUT2D eigenvalue weighted by Gasteiger charge is 2.15. The zero-order chi connectivity index (χ0) is 18.2. The topological polar surface area (TPSA) is 111 Å². The van der Waals surface area contributed by atoms with Crippen LogP contribution in [0.2, 0.25) is 0 Å². The van der Waals surface area contributed by atoms with Gasteiger partial charge in [-0.3, -0.25) is 9.59 Å². The summed E-state index contributed by atoms with van der Waals surface area (Å²) < 4.78 is 5.50. The van der Waals surface area contributed by atoms with Gasteiger partial charge in [0.15, 0.2) is 6.10 Å². The van der Waals surface area contributed by atoms with Crippen molar-refractivity contribution in [3.8, 4) is 17.6 Å². The van der Waals surface area contributed by atoms with Gasteiger partial charge in [-0.1, -0.05) is 6.07 Å². The molecule has 0 aliphatic heterocycles. The molecule has 1 atom stereocenters. The second-order valence-electron chi connectivity index (χ2n) is 5.21. The number of carbonyl (C=O) groups excluding carboxylic acids is 2. The molecule has 0 radical (unpaired) electrons. The SMILES string of the molecule is CC(Oc1ccc(O)cc1)C(=O)Nc1cccc(NC(=O)CC#N)c1. The first-order valence-electron chi connectivity index (χ1n) is 7.51. The number of anilines is 2. The Morgan fingerprint density at radius 3 is 2.44 bits per heavy atom. The van der Waals surface area contributed by atoms with E-state index in [4.69, 9.17) is 10.00 Å². The van der Waals surface area contributed by atoms with Crippen LogP contribution in [0.25, 0.3) is 0 Å². The normalized spacial score (nSPS) is 11.0. The number of aromatic hydroxyl groups is 1. The lowest BCUT2D eigenvalue weighted by molar-refractivity contribution is -0.122. The Morgan fingerprint density at radius 2 is 1.80 bits per heavy atom. The highest BCUT2D eigenvalue weighted by Crippen LogP contribution is 2.19. The lowest BCUT2D eigenvalue weighted by Crippen LogP contribution is -2.30. The quantitative estimate of drug-likeness (QED) is 0.749. The molecule has 0 bridgehead atoms. The number of nitrogens with zero attached hydrogens (tertiary/aromatic N) is 1. The third-order valence-corrected chi connectivity index (χ3v) is 3.17. The number of amides is 2. The molecule has 1 unspecified atom stereocenters. The summed E-state index contributed by atoms with van der Waals surface area (Å²) in [7, 11) is 0. The third kappa shape index (κ3) is 5.55. The summed E-state index contributed by atoms with van der Waals surface area (Å²) in [4.78, 5) is 23.6. The fourth-order valence-corrected chi connectivity index (χ4v) is 1.98. The Bertz CT molecular complexity index is 797. The van der Waals surface area contributed by atoms with Crippen molar-refractivity contribution in [1.82, 2.24) is 0 Å². The largest absolute Gasteiger partial charge is 0.508 e. The number of benzene rings is 2. The van der Waals surface area contributed by atoms with Crippen LogP contribution in [0, 0.1) is 11.3 Å². The number of ether oxygens (including phenoxy) is 1. The molecule has 0 saturated heterocycles. The average molecular weight is 339 g/mol.